The Morgan fingerprint density at radius 2 is 2.00 bits per heavy atom. The molecule has 0 fully saturated rings. The number of carbonyl (C=O) groups is 1. The van der Waals surface area contributed by atoms with E-state index in [1.165, 1.54) is 0 Å². The minimum atomic E-state index is -0.0473. The number of likely N-dealkylation sites (N-methyl/N-ethyl adjacent to an activating group) is 1. The number of hydrogen-bond donors (Lipinski definition) is 2. The van der Waals surface area contributed by atoms with Gasteiger partial charge in [-0.15, -0.1) is 0 Å². The van der Waals surface area contributed by atoms with Crippen LogP contribution in [0.5, 0.6) is 0 Å². The molecule has 1 amide bonds. The molecule has 0 saturated heterocycles. The van der Waals surface area contributed by atoms with Gasteiger partial charge in [0.1, 0.15) is 0 Å². The molecule has 0 bridgehead atoms. The molecule has 5 heteroatoms. The number of anilines is 1. The summed E-state index contributed by atoms with van der Waals surface area (Å²) in [6.45, 7) is 1.45. The summed E-state index contributed by atoms with van der Waals surface area (Å²) >= 11 is 0. The largest absolute Gasteiger partial charge is 0.326 e. The maximum absolute atomic E-state index is 12.0. The van der Waals surface area contributed by atoms with Crippen molar-refractivity contribution >= 4 is 11.6 Å². The first-order valence-corrected chi connectivity index (χ1v) is 6.84. The Labute approximate surface area is 124 Å². The Balaban J connectivity index is 1.83. The van der Waals surface area contributed by atoms with Crippen LogP contribution in [0.25, 0.3) is 0 Å². The van der Waals surface area contributed by atoms with Crippen LogP contribution in [0.1, 0.15) is 11.3 Å². The molecule has 1 aromatic heterocycles. The summed E-state index contributed by atoms with van der Waals surface area (Å²) in [7, 11) is 1.89. The highest BCUT2D eigenvalue weighted by Gasteiger charge is 2.08. The third-order valence-electron chi connectivity index (χ3n) is 3.04. The van der Waals surface area contributed by atoms with Crippen LogP contribution >= 0.6 is 0 Å². The third-order valence-corrected chi connectivity index (χ3v) is 3.04. The van der Waals surface area contributed by atoms with E-state index in [-0.39, 0.29) is 5.91 Å². The Kier molecular flexibility index (Phi) is 5.43. The molecular weight excluding hydrogens is 264 g/mol. The second kappa shape index (κ2) is 7.52. The van der Waals surface area contributed by atoms with Crippen LogP contribution in [0.4, 0.5) is 5.69 Å². The lowest BCUT2D eigenvalue weighted by atomic mass is 10.2. The van der Waals surface area contributed by atoms with E-state index in [1.807, 2.05) is 54.4 Å². The van der Waals surface area contributed by atoms with Gasteiger partial charge in [0.2, 0.25) is 5.91 Å². The van der Waals surface area contributed by atoms with Crippen LogP contribution < -0.4 is 11.1 Å². The second-order valence-corrected chi connectivity index (χ2v) is 4.94. The van der Waals surface area contributed by atoms with Gasteiger partial charge in [-0.05, 0) is 36.9 Å². The maximum Gasteiger partial charge on any atom is 0.238 e. The molecule has 5 nitrogen and oxygen atoms in total. The van der Waals surface area contributed by atoms with E-state index in [2.05, 4.69) is 10.3 Å². The molecule has 0 aliphatic carbocycles. The summed E-state index contributed by atoms with van der Waals surface area (Å²) in [5.41, 5.74) is 8.31. The van der Waals surface area contributed by atoms with Gasteiger partial charge in [0.15, 0.2) is 0 Å². The first kappa shape index (κ1) is 15.2. The Morgan fingerprint density at radius 1 is 1.24 bits per heavy atom. The van der Waals surface area contributed by atoms with Crippen molar-refractivity contribution in [1.82, 2.24) is 9.88 Å². The molecule has 21 heavy (non-hydrogen) atoms. The van der Waals surface area contributed by atoms with E-state index in [0.717, 1.165) is 16.9 Å². The summed E-state index contributed by atoms with van der Waals surface area (Å²) in [6.07, 6.45) is 1.75. The van der Waals surface area contributed by atoms with Crippen molar-refractivity contribution in [3.8, 4) is 0 Å². The zero-order valence-electron chi connectivity index (χ0n) is 12.1. The normalized spacial score (nSPS) is 10.6. The van der Waals surface area contributed by atoms with Crippen molar-refractivity contribution in [2.24, 2.45) is 5.73 Å². The predicted octanol–water partition coefficient (Wildman–Crippen LogP) is 1.61. The lowest BCUT2D eigenvalue weighted by Gasteiger charge is -2.15. The molecule has 0 radical (unpaired) electrons. The van der Waals surface area contributed by atoms with Crippen molar-refractivity contribution in [2.75, 3.05) is 18.9 Å². The van der Waals surface area contributed by atoms with Crippen molar-refractivity contribution in [3.05, 3.63) is 59.9 Å². The molecule has 0 saturated carbocycles. The maximum atomic E-state index is 12.0. The van der Waals surface area contributed by atoms with Crippen LogP contribution in [-0.2, 0) is 17.9 Å². The van der Waals surface area contributed by atoms with Gasteiger partial charge in [0.25, 0.3) is 0 Å². The van der Waals surface area contributed by atoms with Gasteiger partial charge >= 0.3 is 0 Å². The van der Waals surface area contributed by atoms with E-state index in [0.29, 0.717) is 19.6 Å². The number of carbonyl (C=O) groups excluding carboxylic acids is 1. The highest BCUT2D eigenvalue weighted by Crippen LogP contribution is 2.09. The Bertz CT molecular complexity index is 569. The van der Waals surface area contributed by atoms with Gasteiger partial charge in [-0.1, -0.05) is 18.2 Å². The quantitative estimate of drug-likeness (QED) is 0.845. The van der Waals surface area contributed by atoms with E-state index in [1.54, 1.807) is 6.20 Å². The molecular formula is C16H20N4O. The van der Waals surface area contributed by atoms with Crippen molar-refractivity contribution < 1.29 is 4.79 Å². The number of nitrogens with one attached hydrogen (secondary N) is 1. The lowest BCUT2D eigenvalue weighted by Crippen LogP contribution is -2.30. The molecule has 110 valence electrons. The fourth-order valence-corrected chi connectivity index (χ4v) is 1.99. The van der Waals surface area contributed by atoms with Crippen LogP contribution in [0, 0.1) is 0 Å². The fourth-order valence-electron chi connectivity index (χ4n) is 1.99. The number of aromatic nitrogens is 1. The van der Waals surface area contributed by atoms with E-state index >= 15 is 0 Å². The lowest BCUT2D eigenvalue weighted by molar-refractivity contribution is -0.117. The van der Waals surface area contributed by atoms with Crippen LogP contribution in [-0.4, -0.2) is 29.4 Å². The van der Waals surface area contributed by atoms with E-state index < -0.39 is 0 Å². The van der Waals surface area contributed by atoms with Gasteiger partial charge in [0.05, 0.1) is 12.2 Å². The average molecular weight is 284 g/mol. The number of pyridine rings is 1. The second-order valence-electron chi connectivity index (χ2n) is 4.94. The first-order valence-electron chi connectivity index (χ1n) is 6.84. The molecule has 1 heterocycles. The minimum absolute atomic E-state index is 0.0473. The number of nitrogens with two attached hydrogens (primary N) is 1. The average Bonchev–Trinajstić information content (AvgIpc) is 2.48. The Morgan fingerprint density at radius 3 is 2.62 bits per heavy atom. The number of hydrogen-bond acceptors (Lipinski definition) is 4. The standard InChI is InChI=1S/C16H20N4O/c1-20(11-15-4-2-3-9-18-15)12-16(21)19-14-7-5-13(10-17)6-8-14/h2-9H,10-12,17H2,1H3,(H,19,21). The summed E-state index contributed by atoms with van der Waals surface area (Å²) in [5, 5.41) is 2.87. The monoisotopic (exact) mass is 284 g/mol. The SMILES string of the molecule is CN(CC(=O)Nc1ccc(CN)cc1)Cc1ccccn1. The highest BCUT2D eigenvalue weighted by atomic mass is 16.2. The van der Waals surface area contributed by atoms with Crippen molar-refractivity contribution in [3.63, 3.8) is 0 Å². The number of amides is 1. The molecule has 1 aromatic carbocycles. The predicted molar refractivity (Wildman–Crippen MR) is 83.5 cm³/mol. The summed E-state index contributed by atoms with van der Waals surface area (Å²) in [5.74, 6) is -0.0473. The molecule has 0 atom stereocenters. The van der Waals surface area contributed by atoms with Gasteiger partial charge in [-0.2, -0.15) is 0 Å². The molecule has 0 spiro atoms. The van der Waals surface area contributed by atoms with E-state index in [4.69, 9.17) is 5.73 Å². The zero-order valence-corrected chi connectivity index (χ0v) is 12.1. The first-order chi connectivity index (χ1) is 10.2. The summed E-state index contributed by atoms with van der Waals surface area (Å²) in [4.78, 5) is 18.1. The van der Waals surface area contributed by atoms with Gasteiger partial charge in [-0.3, -0.25) is 14.7 Å². The van der Waals surface area contributed by atoms with Crippen LogP contribution in [0.15, 0.2) is 48.7 Å². The summed E-state index contributed by atoms with van der Waals surface area (Å²) < 4.78 is 0. The highest BCUT2D eigenvalue weighted by molar-refractivity contribution is 5.92. The number of nitrogens with zero attached hydrogens (tertiary/aromatic N) is 2. The molecule has 2 rings (SSSR count). The molecule has 0 aliphatic rings. The third kappa shape index (κ3) is 4.98. The molecule has 0 unspecified atom stereocenters. The minimum Gasteiger partial charge on any atom is -0.326 e. The molecule has 0 aliphatic heterocycles. The zero-order chi connectivity index (χ0) is 15.1. The van der Waals surface area contributed by atoms with Crippen molar-refractivity contribution in [2.45, 2.75) is 13.1 Å². The van der Waals surface area contributed by atoms with Gasteiger partial charge in [0, 0.05) is 25.0 Å². The fraction of sp³-hybridized carbons (Fsp3) is 0.250. The smallest absolute Gasteiger partial charge is 0.238 e. The van der Waals surface area contributed by atoms with E-state index in [9.17, 15) is 4.79 Å². The van der Waals surface area contributed by atoms with Gasteiger partial charge < -0.3 is 11.1 Å². The molecule has 3 N–H and O–H groups in total. The number of rotatable bonds is 6. The van der Waals surface area contributed by atoms with Crippen molar-refractivity contribution in [1.29, 1.82) is 0 Å². The molecule has 2 aromatic rings. The van der Waals surface area contributed by atoms with Crippen LogP contribution in [0.3, 0.4) is 0 Å². The van der Waals surface area contributed by atoms with Gasteiger partial charge in [-0.25, -0.2) is 0 Å². The summed E-state index contributed by atoms with van der Waals surface area (Å²) in [6, 6.07) is 13.3. The van der Waals surface area contributed by atoms with Crippen LogP contribution in [0.2, 0.25) is 0 Å². The number of benzene rings is 1. The topological polar surface area (TPSA) is 71.2 Å². The Hall–Kier alpha value is -2.24.